The van der Waals surface area contributed by atoms with Crippen LogP contribution in [0.5, 0.6) is 5.88 Å². The molecule has 0 radical (unpaired) electrons. The second-order valence-corrected chi connectivity index (χ2v) is 7.38. The minimum Gasteiger partial charge on any atom is -0.468 e. The van der Waals surface area contributed by atoms with Crippen molar-refractivity contribution in [3.8, 4) is 5.88 Å². The van der Waals surface area contributed by atoms with E-state index in [1.54, 1.807) is 24.5 Å². The molecule has 1 N–H and O–H groups in total. The molecule has 2 aromatic heterocycles. The zero-order valence-electron chi connectivity index (χ0n) is 17.8. The number of alkyl halides is 3. The van der Waals surface area contributed by atoms with Crippen LogP contribution in [-0.4, -0.2) is 54.3 Å². The van der Waals surface area contributed by atoms with Gasteiger partial charge in [0.25, 0.3) is 0 Å². The molecule has 0 bridgehead atoms. The van der Waals surface area contributed by atoms with E-state index >= 15 is 0 Å². The van der Waals surface area contributed by atoms with Gasteiger partial charge in [0.1, 0.15) is 11.1 Å². The fraction of sp³-hybridized carbons (Fsp3) is 0.526. The first-order valence-corrected chi connectivity index (χ1v) is 10.2. The van der Waals surface area contributed by atoms with Crippen molar-refractivity contribution in [3.05, 3.63) is 40.0 Å². The molecule has 2 heterocycles. The quantitative estimate of drug-likeness (QED) is 0.273. The second-order valence-electron chi connectivity index (χ2n) is 6.49. The van der Waals surface area contributed by atoms with E-state index in [9.17, 15) is 13.2 Å². The Morgan fingerprint density at radius 3 is 2.77 bits per heavy atom. The van der Waals surface area contributed by atoms with Crippen molar-refractivity contribution in [3.63, 3.8) is 0 Å². The van der Waals surface area contributed by atoms with Gasteiger partial charge in [-0.2, -0.15) is 13.2 Å². The number of nitrogens with one attached hydrogen (secondary N) is 1. The highest BCUT2D eigenvalue weighted by Gasteiger charge is 2.28. The highest BCUT2D eigenvalue weighted by atomic mass is 127. The highest BCUT2D eigenvalue weighted by Crippen LogP contribution is 2.21. The molecule has 0 fully saturated rings. The predicted octanol–water partition coefficient (Wildman–Crippen LogP) is 4.40. The van der Waals surface area contributed by atoms with E-state index in [2.05, 4.69) is 20.3 Å². The summed E-state index contributed by atoms with van der Waals surface area (Å²) in [7, 11) is 3.54. The molecule has 0 spiro atoms. The monoisotopic (exact) mass is 573 g/mol. The summed E-state index contributed by atoms with van der Waals surface area (Å²) in [6, 6.07) is 3.14. The molecule has 0 saturated heterocycles. The normalized spacial score (nSPS) is 12.8. The van der Waals surface area contributed by atoms with Crippen LogP contribution >= 0.6 is 35.3 Å². The lowest BCUT2D eigenvalue weighted by Crippen LogP contribution is -2.38. The van der Waals surface area contributed by atoms with Crippen LogP contribution in [0.15, 0.2) is 28.7 Å². The lowest BCUT2D eigenvalue weighted by Gasteiger charge is -2.21. The van der Waals surface area contributed by atoms with E-state index in [0.717, 1.165) is 10.7 Å². The van der Waals surface area contributed by atoms with Crippen LogP contribution in [0.25, 0.3) is 0 Å². The Bertz CT molecular complexity index is 835. The Balaban J connectivity index is 0.00000480. The van der Waals surface area contributed by atoms with E-state index in [0.29, 0.717) is 24.6 Å². The van der Waals surface area contributed by atoms with Crippen LogP contribution in [-0.2, 0) is 17.8 Å². The summed E-state index contributed by atoms with van der Waals surface area (Å²) in [4.78, 5) is 14.9. The van der Waals surface area contributed by atoms with Crippen molar-refractivity contribution in [2.45, 2.75) is 39.2 Å². The van der Waals surface area contributed by atoms with Gasteiger partial charge in [0, 0.05) is 38.3 Å². The molecule has 31 heavy (non-hydrogen) atoms. The van der Waals surface area contributed by atoms with Crippen LogP contribution in [0.3, 0.4) is 0 Å². The summed E-state index contributed by atoms with van der Waals surface area (Å²) in [5, 5.41) is 6.10. The third-order valence-electron chi connectivity index (χ3n) is 3.96. The molecule has 7 nitrogen and oxygen atoms in total. The average Bonchev–Trinajstić information content (AvgIpc) is 3.17. The molecule has 1 unspecified atom stereocenters. The molecule has 0 amide bonds. The Hall–Kier alpha value is -1.67. The lowest BCUT2D eigenvalue weighted by molar-refractivity contribution is -0.154. The van der Waals surface area contributed by atoms with Crippen LogP contribution in [0.2, 0.25) is 0 Å². The van der Waals surface area contributed by atoms with Crippen molar-refractivity contribution < 1.29 is 22.6 Å². The Labute approximate surface area is 201 Å². The van der Waals surface area contributed by atoms with Gasteiger partial charge in [0.05, 0.1) is 18.8 Å². The summed E-state index contributed by atoms with van der Waals surface area (Å²) < 4.78 is 46.9. The van der Waals surface area contributed by atoms with Crippen molar-refractivity contribution in [2.75, 3.05) is 27.3 Å². The van der Waals surface area contributed by atoms with Gasteiger partial charge >= 0.3 is 6.18 Å². The predicted molar refractivity (Wildman–Crippen MR) is 125 cm³/mol. The number of ether oxygens (including phenoxy) is 2. The SMILES string of the molecule is CCNC(=NCc1ccnc(OCC(F)(F)F)c1)N(C)Cc1csc(C(C)OC)n1.I. The summed E-state index contributed by atoms with van der Waals surface area (Å²) >= 11 is 1.54. The topological polar surface area (TPSA) is 71.9 Å². The molecule has 12 heteroatoms. The second kappa shape index (κ2) is 13.0. The van der Waals surface area contributed by atoms with Crippen LogP contribution in [0.1, 0.15) is 36.2 Å². The molecule has 1 atom stereocenters. The number of aromatic nitrogens is 2. The molecule has 2 rings (SSSR count). The number of guanidine groups is 1. The number of rotatable bonds is 9. The maximum atomic E-state index is 12.3. The standard InChI is InChI=1S/C19H26F3N5O2S.HI/c1-5-23-18(27(3)10-15-11-30-17(26-15)13(2)28-4)25-9-14-6-7-24-16(8-14)29-12-19(20,21)22;/h6-8,11,13H,5,9-10,12H2,1-4H3,(H,23,25);1H. The number of hydrogen-bond acceptors (Lipinski definition) is 6. The molecule has 174 valence electrons. The van der Waals surface area contributed by atoms with Gasteiger partial charge in [-0.1, -0.05) is 0 Å². The Morgan fingerprint density at radius 1 is 1.39 bits per heavy atom. The number of thiazole rings is 1. The van der Waals surface area contributed by atoms with E-state index < -0.39 is 12.8 Å². The van der Waals surface area contributed by atoms with Crippen LogP contribution in [0.4, 0.5) is 13.2 Å². The van der Waals surface area contributed by atoms with Crippen LogP contribution in [0, 0.1) is 0 Å². The Kier molecular flexibility index (Phi) is 11.5. The average molecular weight is 573 g/mol. The first-order valence-electron chi connectivity index (χ1n) is 9.32. The highest BCUT2D eigenvalue weighted by molar-refractivity contribution is 14.0. The van der Waals surface area contributed by atoms with Gasteiger partial charge in [-0.15, -0.1) is 35.3 Å². The zero-order chi connectivity index (χ0) is 22.1. The van der Waals surface area contributed by atoms with E-state index in [1.807, 2.05) is 31.2 Å². The molecular weight excluding hydrogens is 546 g/mol. The number of pyridine rings is 1. The van der Waals surface area contributed by atoms with Gasteiger partial charge in [-0.3, -0.25) is 0 Å². The molecule has 0 saturated carbocycles. The molecule has 0 aliphatic heterocycles. The largest absolute Gasteiger partial charge is 0.468 e. The van der Waals surface area contributed by atoms with Crippen molar-refractivity contribution in [1.29, 1.82) is 0 Å². The number of aliphatic imine (C=N–C) groups is 1. The van der Waals surface area contributed by atoms with Crippen molar-refractivity contribution in [2.24, 2.45) is 4.99 Å². The van der Waals surface area contributed by atoms with Gasteiger partial charge in [0.15, 0.2) is 12.6 Å². The number of hydrogen-bond donors (Lipinski definition) is 1. The Morgan fingerprint density at radius 2 is 2.13 bits per heavy atom. The summed E-state index contributed by atoms with van der Waals surface area (Å²) in [6.45, 7) is 4.01. The zero-order valence-corrected chi connectivity index (χ0v) is 20.9. The molecule has 2 aromatic rings. The summed E-state index contributed by atoms with van der Waals surface area (Å²) in [5.74, 6) is 0.571. The van der Waals surface area contributed by atoms with Gasteiger partial charge in [0.2, 0.25) is 5.88 Å². The number of methoxy groups -OCH3 is 1. The lowest BCUT2D eigenvalue weighted by atomic mass is 10.3. The fourth-order valence-electron chi connectivity index (χ4n) is 2.42. The van der Waals surface area contributed by atoms with Gasteiger partial charge in [-0.25, -0.2) is 15.0 Å². The molecule has 0 aliphatic carbocycles. The first-order chi connectivity index (χ1) is 14.2. The third-order valence-corrected chi connectivity index (χ3v) is 5.02. The smallest absolute Gasteiger partial charge is 0.422 e. The number of halogens is 4. The van der Waals surface area contributed by atoms with Crippen molar-refractivity contribution in [1.82, 2.24) is 20.2 Å². The number of nitrogens with zero attached hydrogens (tertiary/aromatic N) is 4. The van der Waals surface area contributed by atoms with E-state index in [-0.39, 0.29) is 42.5 Å². The molecule has 0 aliphatic rings. The minimum atomic E-state index is -4.41. The van der Waals surface area contributed by atoms with Gasteiger partial charge < -0.3 is 19.7 Å². The maximum Gasteiger partial charge on any atom is 0.422 e. The minimum absolute atomic E-state index is 0. The fourth-order valence-corrected chi connectivity index (χ4v) is 3.26. The third kappa shape index (κ3) is 9.56. The van der Waals surface area contributed by atoms with E-state index in [1.165, 1.54) is 12.3 Å². The molecule has 0 aromatic carbocycles. The van der Waals surface area contributed by atoms with E-state index in [4.69, 9.17) is 9.47 Å². The summed E-state index contributed by atoms with van der Waals surface area (Å²) in [5.41, 5.74) is 1.59. The first kappa shape index (κ1) is 27.4. The van der Waals surface area contributed by atoms with Gasteiger partial charge in [-0.05, 0) is 25.5 Å². The van der Waals surface area contributed by atoms with Crippen molar-refractivity contribution >= 4 is 41.3 Å². The van der Waals surface area contributed by atoms with Crippen LogP contribution < -0.4 is 10.1 Å². The maximum absolute atomic E-state index is 12.3. The molecular formula is C19H27F3IN5O2S. The summed E-state index contributed by atoms with van der Waals surface area (Å²) in [6.07, 6.45) is -3.06.